The molecule has 1 aliphatic heterocycles. The molecule has 4 aromatic carbocycles. The number of nitrogens with zero attached hydrogens (tertiary/aromatic N) is 1. The molecule has 0 saturated heterocycles. The van der Waals surface area contributed by atoms with E-state index in [1.807, 2.05) is 98.8 Å². The van der Waals surface area contributed by atoms with Crippen molar-refractivity contribution < 1.29 is 14.3 Å². The van der Waals surface area contributed by atoms with Crippen LogP contribution in [0.1, 0.15) is 16.7 Å². The smallest absolute Gasteiger partial charge is 0.282 e. The normalized spacial score (nSPS) is 13.7. The van der Waals surface area contributed by atoms with Crippen LogP contribution in [0.4, 0.5) is 11.4 Å². The molecule has 5 heteroatoms. The number of fused-ring (bicyclic) bond motifs is 1. The minimum Gasteiger partial charge on any atom is -0.495 e. The number of amides is 2. The molecule has 5 nitrogen and oxygen atoms in total. The summed E-state index contributed by atoms with van der Waals surface area (Å²) in [5, 5.41) is 5.01. The second-order valence-electron chi connectivity index (χ2n) is 8.32. The zero-order chi connectivity index (χ0) is 23.8. The van der Waals surface area contributed by atoms with E-state index in [-0.39, 0.29) is 11.6 Å². The van der Waals surface area contributed by atoms with Gasteiger partial charge in [-0.25, -0.2) is 4.90 Å². The third-order valence-corrected chi connectivity index (χ3v) is 6.25. The third-order valence-electron chi connectivity index (χ3n) is 6.25. The van der Waals surface area contributed by atoms with Crippen molar-refractivity contribution in [1.29, 1.82) is 0 Å². The van der Waals surface area contributed by atoms with E-state index in [0.29, 0.717) is 28.3 Å². The van der Waals surface area contributed by atoms with E-state index in [2.05, 4.69) is 5.32 Å². The Morgan fingerprint density at radius 2 is 1.50 bits per heavy atom. The molecule has 0 unspecified atom stereocenters. The highest BCUT2D eigenvalue weighted by Crippen LogP contribution is 2.38. The number of methoxy groups -OCH3 is 1. The van der Waals surface area contributed by atoms with Gasteiger partial charge in [-0.1, -0.05) is 66.7 Å². The van der Waals surface area contributed by atoms with Gasteiger partial charge in [-0.2, -0.15) is 0 Å². The number of hydrogen-bond acceptors (Lipinski definition) is 4. The number of rotatable bonds is 5. The summed E-state index contributed by atoms with van der Waals surface area (Å²) < 4.78 is 5.47. The summed E-state index contributed by atoms with van der Waals surface area (Å²) in [7, 11) is 1.57. The Kier molecular flexibility index (Phi) is 5.38. The Balaban J connectivity index is 1.69. The summed E-state index contributed by atoms with van der Waals surface area (Å²) in [5.41, 5.74) is 4.60. The van der Waals surface area contributed by atoms with Crippen LogP contribution in [0, 0.1) is 13.8 Å². The Bertz CT molecular complexity index is 1480. The molecule has 0 bridgehead atoms. The predicted molar refractivity (Wildman–Crippen MR) is 136 cm³/mol. The van der Waals surface area contributed by atoms with Crippen LogP contribution < -0.4 is 15.0 Å². The van der Waals surface area contributed by atoms with E-state index in [1.165, 1.54) is 4.90 Å². The van der Waals surface area contributed by atoms with Crippen LogP contribution in [0.3, 0.4) is 0 Å². The molecule has 0 fully saturated rings. The molecule has 1 aliphatic rings. The number of carbonyl (C=O) groups excluding carboxylic acids is 2. The topological polar surface area (TPSA) is 58.6 Å². The molecule has 168 valence electrons. The number of anilines is 2. The van der Waals surface area contributed by atoms with E-state index < -0.39 is 5.91 Å². The standard InChI is InChI=1S/C29H24N2O3/c1-18-15-16-21(17-19(18)2)26-27(30-23-12-6-7-14-25(23)34-3)29(33)31(28(26)32)24-13-8-10-20-9-4-5-11-22(20)24/h4-17,30H,1-3H3. The number of para-hydroxylation sites is 2. The van der Waals surface area contributed by atoms with Crippen LogP contribution in [0.2, 0.25) is 0 Å². The van der Waals surface area contributed by atoms with E-state index >= 15 is 0 Å². The van der Waals surface area contributed by atoms with Gasteiger partial charge in [0.2, 0.25) is 0 Å². The van der Waals surface area contributed by atoms with Gasteiger partial charge >= 0.3 is 0 Å². The lowest BCUT2D eigenvalue weighted by atomic mass is 9.99. The van der Waals surface area contributed by atoms with E-state index in [0.717, 1.165) is 21.9 Å². The van der Waals surface area contributed by atoms with Gasteiger partial charge in [0.1, 0.15) is 11.4 Å². The lowest BCUT2D eigenvalue weighted by Gasteiger charge is -2.18. The first-order chi connectivity index (χ1) is 16.5. The minimum absolute atomic E-state index is 0.227. The monoisotopic (exact) mass is 448 g/mol. The number of imide groups is 1. The fourth-order valence-electron chi connectivity index (χ4n) is 4.32. The quantitative estimate of drug-likeness (QED) is 0.389. The lowest BCUT2D eigenvalue weighted by molar-refractivity contribution is -0.120. The average molecular weight is 449 g/mol. The first-order valence-electron chi connectivity index (χ1n) is 11.1. The summed E-state index contributed by atoms with van der Waals surface area (Å²) in [5.74, 6) is -0.180. The maximum atomic E-state index is 13.9. The SMILES string of the molecule is COc1ccccc1NC1=C(c2ccc(C)c(C)c2)C(=O)N(c2cccc3ccccc23)C1=O. The van der Waals surface area contributed by atoms with Gasteiger partial charge in [0, 0.05) is 5.39 Å². The summed E-state index contributed by atoms with van der Waals surface area (Å²) in [6.45, 7) is 4.02. The average Bonchev–Trinajstić information content (AvgIpc) is 3.10. The maximum Gasteiger partial charge on any atom is 0.282 e. The van der Waals surface area contributed by atoms with Gasteiger partial charge in [-0.3, -0.25) is 9.59 Å². The molecule has 0 atom stereocenters. The first-order valence-corrected chi connectivity index (χ1v) is 11.1. The molecule has 4 aromatic rings. The summed E-state index contributed by atoms with van der Waals surface area (Å²) in [6, 6.07) is 26.5. The lowest BCUT2D eigenvalue weighted by Crippen LogP contribution is -2.32. The highest BCUT2D eigenvalue weighted by molar-refractivity contribution is 6.47. The van der Waals surface area contributed by atoms with Crippen molar-refractivity contribution in [2.75, 3.05) is 17.3 Å². The molecule has 2 amide bonds. The molecule has 0 aliphatic carbocycles. The molecule has 0 saturated carbocycles. The number of carbonyl (C=O) groups is 2. The first kappa shape index (κ1) is 21.5. The molecule has 5 rings (SSSR count). The Morgan fingerprint density at radius 3 is 2.29 bits per heavy atom. The molecular weight excluding hydrogens is 424 g/mol. The van der Waals surface area contributed by atoms with Gasteiger partial charge in [0.25, 0.3) is 11.8 Å². The van der Waals surface area contributed by atoms with Crippen LogP contribution in [-0.4, -0.2) is 18.9 Å². The fourth-order valence-corrected chi connectivity index (χ4v) is 4.32. The zero-order valence-electron chi connectivity index (χ0n) is 19.3. The van der Waals surface area contributed by atoms with Crippen LogP contribution in [0.5, 0.6) is 5.75 Å². The third kappa shape index (κ3) is 3.52. The number of aryl methyl sites for hydroxylation is 2. The van der Waals surface area contributed by atoms with Gasteiger partial charge in [0.15, 0.2) is 0 Å². The summed E-state index contributed by atoms with van der Waals surface area (Å²) >= 11 is 0. The predicted octanol–water partition coefficient (Wildman–Crippen LogP) is 5.86. The zero-order valence-corrected chi connectivity index (χ0v) is 19.3. The summed E-state index contributed by atoms with van der Waals surface area (Å²) in [4.78, 5) is 29.0. The molecule has 34 heavy (non-hydrogen) atoms. The largest absolute Gasteiger partial charge is 0.495 e. The second-order valence-corrected chi connectivity index (χ2v) is 8.32. The maximum absolute atomic E-state index is 13.9. The summed E-state index contributed by atoms with van der Waals surface area (Å²) in [6.07, 6.45) is 0. The Morgan fingerprint density at radius 1 is 0.765 bits per heavy atom. The van der Waals surface area contributed by atoms with Crippen LogP contribution >= 0.6 is 0 Å². The molecule has 0 radical (unpaired) electrons. The van der Waals surface area contributed by atoms with Crippen molar-refractivity contribution in [2.24, 2.45) is 0 Å². The number of benzene rings is 4. The van der Waals surface area contributed by atoms with Crippen molar-refractivity contribution >= 4 is 39.5 Å². The number of nitrogens with one attached hydrogen (secondary N) is 1. The van der Waals surface area contributed by atoms with Crippen molar-refractivity contribution in [3.05, 3.63) is 107 Å². The van der Waals surface area contributed by atoms with Gasteiger partial charge in [-0.05, 0) is 54.1 Å². The molecule has 0 spiro atoms. The van der Waals surface area contributed by atoms with Crippen LogP contribution in [-0.2, 0) is 9.59 Å². The molecule has 1 heterocycles. The molecule has 0 aromatic heterocycles. The van der Waals surface area contributed by atoms with E-state index in [4.69, 9.17) is 4.74 Å². The van der Waals surface area contributed by atoms with Gasteiger partial charge in [-0.15, -0.1) is 0 Å². The Hall–Kier alpha value is -4.38. The number of ether oxygens (including phenoxy) is 1. The molecular formula is C29H24N2O3. The van der Waals surface area contributed by atoms with Gasteiger partial charge < -0.3 is 10.1 Å². The van der Waals surface area contributed by atoms with Crippen LogP contribution in [0.25, 0.3) is 16.3 Å². The van der Waals surface area contributed by atoms with Crippen molar-refractivity contribution in [3.63, 3.8) is 0 Å². The van der Waals surface area contributed by atoms with Gasteiger partial charge in [0.05, 0.1) is 24.1 Å². The highest BCUT2D eigenvalue weighted by atomic mass is 16.5. The van der Waals surface area contributed by atoms with E-state index in [1.54, 1.807) is 7.11 Å². The van der Waals surface area contributed by atoms with Crippen LogP contribution in [0.15, 0.2) is 90.6 Å². The minimum atomic E-state index is -0.402. The second kappa shape index (κ2) is 8.52. The van der Waals surface area contributed by atoms with E-state index in [9.17, 15) is 9.59 Å². The van der Waals surface area contributed by atoms with Crippen molar-refractivity contribution in [1.82, 2.24) is 0 Å². The molecule has 1 N–H and O–H groups in total. The number of hydrogen-bond donors (Lipinski definition) is 1. The highest BCUT2D eigenvalue weighted by Gasteiger charge is 2.41. The fraction of sp³-hybridized carbons (Fsp3) is 0.103. The van der Waals surface area contributed by atoms with Crippen molar-refractivity contribution in [3.8, 4) is 5.75 Å². The van der Waals surface area contributed by atoms with Crippen molar-refractivity contribution in [2.45, 2.75) is 13.8 Å². The Labute approximate surface area is 198 Å².